The van der Waals surface area contributed by atoms with Crippen LogP contribution in [0.2, 0.25) is 0 Å². The summed E-state index contributed by atoms with van der Waals surface area (Å²) in [4.78, 5) is 11.8. The topological polar surface area (TPSA) is 81.6 Å². The van der Waals surface area contributed by atoms with E-state index in [1.807, 2.05) is 0 Å². The van der Waals surface area contributed by atoms with E-state index in [9.17, 15) is 4.79 Å². The number of aryl methyl sites for hydroxylation is 2. The third-order valence-corrected chi connectivity index (χ3v) is 2.35. The molecular formula is C11H16N4O. The molecule has 1 aromatic rings. The zero-order valence-corrected chi connectivity index (χ0v) is 10.0. The zero-order valence-electron chi connectivity index (χ0n) is 10.0. The normalized spacial score (nSPS) is 10.9. The van der Waals surface area contributed by atoms with Crippen molar-refractivity contribution >= 4 is 5.91 Å². The van der Waals surface area contributed by atoms with E-state index >= 15 is 0 Å². The summed E-state index contributed by atoms with van der Waals surface area (Å²) < 4.78 is 0. The first-order valence-corrected chi connectivity index (χ1v) is 5.08. The number of hydrogen-bond donors (Lipinski definition) is 2. The fraction of sp³-hybridized carbons (Fsp3) is 0.545. The summed E-state index contributed by atoms with van der Waals surface area (Å²) in [5.41, 5.74) is 1.42. The monoisotopic (exact) mass is 220 g/mol. The zero-order chi connectivity index (χ0) is 12.3. The summed E-state index contributed by atoms with van der Waals surface area (Å²) in [6.45, 7) is 7.45. The van der Waals surface area contributed by atoms with E-state index in [2.05, 4.69) is 21.6 Å². The molecule has 1 heterocycles. The summed E-state index contributed by atoms with van der Waals surface area (Å²) >= 11 is 0. The van der Waals surface area contributed by atoms with Crippen LogP contribution < -0.4 is 5.32 Å². The predicted octanol–water partition coefficient (Wildman–Crippen LogP) is 1.31. The molecule has 1 aromatic heterocycles. The lowest BCUT2D eigenvalue weighted by molar-refractivity contribution is 0.0942. The SMILES string of the molecule is Cc1n[nH]c(C)c1C(=O)NCC(C)(C)C#N. The fourth-order valence-electron chi connectivity index (χ4n) is 1.31. The number of aromatic nitrogens is 2. The van der Waals surface area contributed by atoms with Crippen LogP contribution in [0.1, 0.15) is 35.6 Å². The summed E-state index contributed by atoms with van der Waals surface area (Å²) in [5.74, 6) is -0.188. The first-order valence-electron chi connectivity index (χ1n) is 5.08. The van der Waals surface area contributed by atoms with Crippen LogP contribution in [0.15, 0.2) is 0 Å². The van der Waals surface area contributed by atoms with Gasteiger partial charge in [0.05, 0.1) is 22.7 Å². The Bertz CT molecular complexity index is 420. The van der Waals surface area contributed by atoms with Crippen molar-refractivity contribution in [1.29, 1.82) is 5.26 Å². The molecule has 16 heavy (non-hydrogen) atoms. The molecule has 0 bridgehead atoms. The Balaban J connectivity index is 2.72. The molecule has 0 saturated carbocycles. The first kappa shape index (κ1) is 12.2. The van der Waals surface area contributed by atoms with Crippen LogP contribution >= 0.6 is 0 Å². The third kappa shape index (κ3) is 2.60. The molecule has 2 N–H and O–H groups in total. The largest absolute Gasteiger partial charge is 0.350 e. The van der Waals surface area contributed by atoms with Gasteiger partial charge in [0.2, 0.25) is 0 Å². The fourth-order valence-corrected chi connectivity index (χ4v) is 1.31. The summed E-state index contributed by atoms with van der Waals surface area (Å²) in [7, 11) is 0. The van der Waals surface area contributed by atoms with Gasteiger partial charge in [0.25, 0.3) is 5.91 Å². The van der Waals surface area contributed by atoms with Crippen LogP contribution in [-0.2, 0) is 0 Å². The van der Waals surface area contributed by atoms with Crippen LogP contribution in [-0.4, -0.2) is 22.6 Å². The van der Waals surface area contributed by atoms with Gasteiger partial charge in [-0.25, -0.2) is 0 Å². The van der Waals surface area contributed by atoms with Gasteiger partial charge in [-0.1, -0.05) is 0 Å². The molecule has 0 aliphatic rings. The average Bonchev–Trinajstić information content (AvgIpc) is 2.55. The second-order valence-electron chi connectivity index (χ2n) is 4.49. The molecule has 0 unspecified atom stereocenters. The Hall–Kier alpha value is -1.83. The lowest BCUT2D eigenvalue weighted by Gasteiger charge is -2.15. The lowest BCUT2D eigenvalue weighted by Crippen LogP contribution is -2.33. The van der Waals surface area contributed by atoms with E-state index in [0.717, 1.165) is 5.69 Å². The smallest absolute Gasteiger partial charge is 0.255 e. The number of carbonyl (C=O) groups is 1. The molecule has 0 aliphatic carbocycles. The molecule has 0 aliphatic heterocycles. The Morgan fingerprint density at radius 2 is 2.19 bits per heavy atom. The van der Waals surface area contributed by atoms with Crippen molar-refractivity contribution in [3.8, 4) is 6.07 Å². The molecule has 0 spiro atoms. The minimum absolute atomic E-state index is 0.188. The Morgan fingerprint density at radius 3 is 2.62 bits per heavy atom. The third-order valence-electron chi connectivity index (χ3n) is 2.35. The molecule has 1 rings (SSSR count). The molecule has 0 radical (unpaired) electrons. The van der Waals surface area contributed by atoms with E-state index in [0.29, 0.717) is 17.8 Å². The second kappa shape index (κ2) is 4.35. The van der Waals surface area contributed by atoms with Crippen LogP contribution in [0.5, 0.6) is 0 Å². The number of nitriles is 1. The van der Waals surface area contributed by atoms with E-state index in [1.54, 1.807) is 27.7 Å². The molecule has 1 amide bonds. The summed E-state index contributed by atoms with van der Waals surface area (Å²) in [5, 5.41) is 18.3. The van der Waals surface area contributed by atoms with Gasteiger partial charge >= 0.3 is 0 Å². The molecule has 0 fully saturated rings. The van der Waals surface area contributed by atoms with Crippen molar-refractivity contribution in [3.05, 3.63) is 17.0 Å². The van der Waals surface area contributed by atoms with Crippen molar-refractivity contribution in [2.24, 2.45) is 5.41 Å². The number of H-pyrrole nitrogens is 1. The molecule has 5 nitrogen and oxygen atoms in total. The van der Waals surface area contributed by atoms with Crippen molar-refractivity contribution in [2.45, 2.75) is 27.7 Å². The van der Waals surface area contributed by atoms with Gasteiger partial charge in [-0.05, 0) is 27.7 Å². The number of nitrogens with one attached hydrogen (secondary N) is 2. The van der Waals surface area contributed by atoms with Gasteiger partial charge in [0.1, 0.15) is 0 Å². The highest BCUT2D eigenvalue weighted by molar-refractivity contribution is 5.96. The standard InChI is InChI=1S/C11H16N4O/c1-7-9(8(2)15-14-7)10(16)13-6-11(3,4)5-12/h6H2,1-4H3,(H,13,16)(H,14,15). The van der Waals surface area contributed by atoms with Gasteiger partial charge in [-0.2, -0.15) is 10.4 Å². The van der Waals surface area contributed by atoms with E-state index < -0.39 is 5.41 Å². The first-order chi connectivity index (χ1) is 7.37. The van der Waals surface area contributed by atoms with Crippen LogP contribution in [0.25, 0.3) is 0 Å². The predicted molar refractivity (Wildman–Crippen MR) is 59.8 cm³/mol. The number of amides is 1. The van der Waals surface area contributed by atoms with Gasteiger partial charge in [0, 0.05) is 12.2 Å². The average molecular weight is 220 g/mol. The quantitative estimate of drug-likeness (QED) is 0.805. The maximum Gasteiger partial charge on any atom is 0.255 e. The van der Waals surface area contributed by atoms with Gasteiger partial charge < -0.3 is 5.32 Å². The number of hydrogen-bond acceptors (Lipinski definition) is 3. The molecule has 0 saturated heterocycles. The summed E-state index contributed by atoms with van der Waals surface area (Å²) in [6.07, 6.45) is 0. The van der Waals surface area contributed by atoms with Crippen LogP contribution in [0.4, 0.5) is 0 Å². The highest BCUT2D eigenvalue weighted by atomic mass is 16.1. The van der Waals surface area contributed by atoms with Gasteiger partial charge in [0.15, 0.2) is 0 Å². The van der Waals surface area contributed by atoms with Crippen LogP contribution in [0, 0.1) is 30.6 Å². The minimum atomic E-state index is -0.554. The minimum Gasteiger partial charge on any atom is -0.350 e. The van der Waals surface area contributed by atoms with Crippen molar-refractivity contribution < 1.29 is 4.79 Å². The number of aromatic amines is 1. The number of nitrogens with zero attached hydrogens (tertiary/aromatic N) is 2. The molecule has 0 aromatic carbocycles. The Morgan fingerprint density at radius 1 is 1.56 bits per heavy atom. The van der Waals surface area contributed by atoms with E-state index in [-0.39, 0.29) is 5.91 Å². The molecular weight excluding hydrogens is 204 g/mol. The highest BCUT2D eigenvalue weighted by Crippen LogP contribution is 2.13. The molecule has 0 atom stereocenters. The molecule has 86 valence electrons. The number of carbonyl (C=O) groups excluding carboxylic acids is 1. The van der Waals surface area contributed by atoms with Gasteiger partial charge in [-0.3, -0.25) is 9.89 Å². The van der Waals surface area contributed by atoms with E-state index in [1.165, 1.54) is 0 Å². The molecule has 5 heteroatoms. The lowest BCUT2D eigenvalue weighted by atomic mass is 9.96. The Kier molecular flexibility index (Phi) is 3.33. The van der Waals surface area contributed by atoms with Gasteiger partial charge in [-0.15, -0.1) is 0 Å². The van der Waals surface area contributed by atoms with Crippen molar-refractivity contribution in [3.63, 3.8) is 0 Å². The van der Waals surface area contributed by atoms with E-state index in [4.69, 9.17) is 5.26 Å². The maximum absolute atomic E-state index is 11.8. The second-order valence-corrected chi connectivity index (χ2v) is 4.49. The number of rotatable bonds is 3. The summed E-state index contributed by atoms with van der Waals surface area (Å²) in [6, 6.07) is 2.13. The van der Waals surface area contributed by atoms with Crippen molar-refractivity contribution in [2.75, 3.05) is 6.54 Å². The highest BCUT2D eigenvalue weighted by Gasteiger charge is 2.20. The van der Waals surface area contributed by atoms with Crippen molar-refractivity contribution in [1.82, 2.24) is 15.5 Å². The maximum atomic E-state index is 11.8. The van der Waals surface area contributed by atoms with Crippen LogP contribution in [0.3, 0.4) is 0 Å². The Labute approximate surface area is 94.9 Å².